The number of hydrogen-bond donors (Lipinski definition) is 1. The second kappa shape index (κ2) is 6.07. The van der Waals surface area contributed by atoms with Gasteiger partial charge in [0.1, 0.15) is 0 Å². The number of nitrogens with zero attached hydrogens (tertiary/aromatic N) is 3. The first kappa shape index (κ1) is 14.6. The zero-order valence-corrected chi connectivity index (χ0v) is 12.5. The Morgan fingerprint density at radius 1 is 1.40 bits per heavy atom. The Morgan fingerprint density at radius 2 is 2.10 bits per heavy atom. The highest BCUT2D eigenvalue weighted by molar-refractivity contribution is 6.32. The van der Waals surface area contributed by atoms with Gasteiger partial charge in [0.05, 0.1) is 17.3 Å². The van der Waals surface area contributed by atoms with E-state index in [1.54, 1.807) is 15.6 Å². The number of anilines is 1. The van der Waals surface area contributed by atoms with E-state index < -0.39 is 0 Å². The predicted molar refractivity (Wildman–Crippen MR) is 80.5 cm³/mol. The van der Waals surface area contributed by atoms with Crippen molar-refractivity contribution in [3.63, 3.8) is 0 Å². The van der Waals surface area contributed by atoms with Gasteiger partial charge in [0.15, 0.2) is 5.82 Å². The van der Waals surface area contributed by atoms with E-state index in [1.807, 2.05) is 45.4 Å². The van der Waals surface area contributed by atoms with Crippen molar-refractivity contribution in [1.29, 1.82) is 0 Å². The Balaban J connectivity index is 2.22. The van der Waals surface area contributed by atoms with Crippen LogP contribution < -0.4 is 5.32 Å². The highest BCUT2D eigenvalue weighted by Gasteiger charge is 2.11. The molecule has 0 saturated heterocycles. The van der Waals surface area contributed by atoms with Gasteiger partial charge in [-0.1, -0.05) is 23.7 Å². The second-order valence-electron chi connectivity index (χ2n) is 4.84. The molecule has 1 aromatic carbocycles. The van der Waals surface area contributed by atoms with Crippen molar-refractivity contribution in [3.8, 4) is 5.69 Å². The first-order valence-electron chi connectivity index (χ1n) is 6.23. The van der Waals surface area contributed by atoms with Crippen LogP contribution in [0.1, 0.15) is 5.56 Å². The van der Waals surface area contributed by atoms with Gasteiger partial charge in [0.25, 0.3) is 0 Å². The average molecular weight is 293 g/mol. The van der Waals surface area contributed by atoms with E-state index in [4.69, 9.17) is 11.6 Å². The smallest absolute Gasteiger partial charge is 0.239 e. The molecule has 0 spiro atoms. The number of aromatic nitrogens is 2. The standard InChI is InChI=1S/C14H17ClN4O/c1-10-8-19(12-7-5-4-6-11(12)15)17-14(10)16-13(20)9-18(2)3/h4-8H,9H2,1-3H3,(H,16,17,20). The number of carbonyl (C=O) groups excluding carboxylic acids is 1. The lowest BCUT2D eigenvalue weighted by molar-refractivity contribution is -0.116. The van der Waals surface area contributed by atoms with E-state index in [0.717, 1.165) is 11.3 Å². The lowest BCUT2D eigenvalue weighted by Crippen LogP contribution is -2.27. The Morgan fingerprint density at radius 3 is 2.75 bits per heavy atom. The van der Waals surface area contributed by atoms with Crippen molar-refractivity contribution in [2.45, 2.75) is 6.92 Å². The van der Waals surface area contributed by atoms with Gasteiger partial charge in [0, 0.05) is 11.8 Å². The van der Waals surface area contributed by atoms with Crippen LogP contribution in [0.3, 0.4) is 0 Å². The van der Waals surface area contributed by atoms with Gasteiger partial charge < -0.3 is 10.2 Å². The lowest BCUT2D eigenvalue weighted by Gasteiger charge is -2.08. The topological polar surface area (TPSA) is 50.2 Å². The molecule has 0 saturated carbocycles. The van der Waals surface area contributed by atoms with E-state index in [1.165, 1.54) is 0 Å². The number of hydrogen-bond acceptors (Lipinski definition) is 3. The van der Waals surface area contributed by atoms with Gasteiger partial charge in [-0.25, -0.2) is 4.68 Å². The van der Waals surface area contributed by atoms with Gasteiger partial charge in [-0.15, -0.1) is 5.10 Å². The molecule has 6 heteroatoms. The quantitative estimate of drug-likeness (QED) is 0.941. The van der Waals surface area contributed by atoms with E-state index >= 15 is 0 Å². The zero-order valence-electron chi connectivity index (χ0n) is 11.7. The fraction of sp³-hybridized carbons (Fsp3) is 0.286. The maximum atomic E-state index is 11.8. The summed E-state index contributed by atoms with van der Waals surface area (Å²) in [5.41, 5.74) is 1.67. The maximum absolute atomic E-state index is 11.8. The average Bonchev–Trinajstić information content (AvgIpc) is 2.70. The fourth-order valence-corrected chi connectivity index (χ4v) is 2.03. The van der Waals surface area contributed by atoms with Gasteiger partial charge in [-0.05, 0) is 33.2 Å². The number of amides is 1. The van der Waals surface area contributed by atoms with Gasteiger partial charge in [0.2, 0.25) is 5.91 Å². The van der Waals surface area contributed by atoms with Crippen molar-refractivity contribution in [3.05, 3.63) is 41.0 Å². The van der Waals surface area contributed by atoms with Crippen molar-refractivity contribution in [2.24, 2.45) is 0 Å². The van der Waals surface area contributed by atoms with Crippen LogP contribution in [0.25, 0.3) is 5.69 Å². The third kappa shape index (κ3) is 3.37. The minimum atomic E-state index is -0.0949. The molecule has 0 aliphatic heterocycles. The summed E-state index contributed by atoms with van der Waals surface area (Å²) in [7, 11) is 3.68. The summed E-state index contributed by atoms with van der Waals surface area (Å²) in [5.74, 6) is 0.458. The molecule has 1 N–H and O–H groups in total. The van der Waals surface area contributed by atoms with Crippen LogP contribution in [0.4, 0.5) is 5.82 Å². The second-order valence-corrected chi connectivity index (χ2v) is 5.25. The molecule has 0 fully saturated rings. The molecule has 0 aliphatic rings. The summed E-state index contributed by atoms with van der Waals surface area (Å²) < 4.78 is 1.67. The molecule has 0 atom stereocenters. The predicted octanol–water partition coefficient (Wildman–Crippen LogP) is 2.33. The molecule has 0 radical (unpaired) electrons. The van der Waals surface area contributed by atoms with Crippen LogP contribution in [0.15, 0.2) is 30.5 Å². The molecule has 5 nitrogen and oxygen atoms in total. The normalized spacial score (nSPS) is 10.8. The van der Waals surface area contributed by atoms with Crippen molar-refractivity contribution >= 4 is 23.3 Å². The molecule has 1 heterocycles. The van der Waals surface area contributed by atoms with E-state index in [2.05, 4.69) is 10.4 Å². The Hall–Kier alpha value is -1.85. The van der Waals surface area contributed by atoms with Crippen LogP contribution in [-0.4, -0.2) is 41.2 Å². The number of likely N-dealkylation sites (N-methyl/N-ethyl adjacent to an activating group) is 1. The van der Waals surface area contributed by atoms with Gasteiger partial charge >= 0.3 is 0 Å². The molecular formula is C14H17ClN4O. The SMILES string of the molecule is Cc1cn(-c2ccccc2Cl)nc1NC(=O)CN(C)C. The molecule has 106 valence electrons. The van der Waals surface area contributed by atoms with Crippen LogP contribution >= 0.6 is 11.6 Å². The minimum absolute atomic E-state index is 0.0949. The summed E-state index contributed by atoms with van der Waals surface area (Å²) in [6, 6.07) is 7.43. The third-order valence-corrected chi connectivity index (χ3v) is 3.03. The van der Waals surface area contributed by atoms with E-state index in [0.29, 0.717) is 17.4 Å². The first-order valence-corrected chi connectivity index (χ1v) is 6.61. The molecule has 2 rings (SSSR count). The molecule has 20 heavy (non-hydrogen) atoms. The molecule has 0 aliphatic carbocycles. The zero-order chi connectivity index (χ0) is 14.7. The maximum Gasteiger partial charge on any atom is 0.239 e. The molecule has 0 bridgehead atoms. The Labute approximate surface area is 123 Å². The summed E-state index contributed by atoms with van der Waals surface area (Å²) in [5, 5.41) is 7.78. The minimum Gasteiger partial charge on any atom is -0.308 e. The van der Waals surface area contributed by atoms with Crippen molar-refractivity contribution < 1.29 is 4.79 Å². The van der Waals surface area contributed by atoms with Crippen molar-refractivity contribution in [1.82, 2.24) is 14.7 Å². The summed E-state index contributed by atoms with van der Waals surface area (Å²) in [4.78, 5) is 13.6. The number of halogens is 1. The Bertz CT molecular complexity index is 621. The molecule has 1 aromatic heterocycles. The number of nitrogens with one attached hydrogen (secondary N) is 1. The van der Waals surface area contributed by atoms with Crippen molar-refractivity contribution in [2.75, 3.05) is 26.0 Å². The number of para-hydroxylation sites is 1. The summed E-state index contributed by atoms with van der Waals surface area (Å²) in [6.45, 7) is 2.21. The first-order chi connectivity index (χ1) is 9.47. The highest BCUT2D eigenvalue weighted by atomic mass is 35.5. The number of aryl methyl sites for hydroxylation is 1. The number of benzene rings is 1. The van der Waals surface area contributed by atoms with Crippen LogP contribution in [-0.2, 0) is 4.79 Å². The van der Waals surface area contributed by atoms with Gasteiger partial charge in [-0.2, -0.15) is 0 Å². The van der Waals surface area contributed by atoms with Crippen LogP contribution in [0.2, 0.25) is 5.02 Å². The molecule has 2 aromatic rings. The monoisotopic (exact) mass is 292 g/mol. The lowest BCUT2D eigenvalue weighted by atomic mass is 10.3. The summed E-state index contributed by atoms with van der Waals surface area (Å²) >= 11 is 6.14. The van der Waals surface area contributed by atoms with E-state index in [9.17, 15) is 4.79 Å². The Kier molecular flexibility index (Phi) is 4.42. The van der Waals surface area contributed by atoms with E-state index in [-0.39, 0.29) is 5.91 Å². The van der Waals surface area contributed by atoms with Crippen LogP contribution in [0.5, 0.6) is 0 Å². The number of carbonyl (C=O) groups is 1. The fourth-order valence-electron chi connectivity index (χ4n) is 1.80. The van der Waals surface area contributed by atoms with Gasteiger partial charge in [-0.3, -0.25) is 4.79 Å². The number of rotatable bonds is 4. The molecule has 0 unspecified atom stereocenters. The molecular weight excluding hydrogens is 276 g/mol. The molecule has 1 amide bonds. The summed E-state index contributed by atoms with van der Waals surface area (Å²) in [6.07, 6.45) is 1.84. The van der Waals surface area contributed by atoms with Crippen LogP contribution in [0, 0.1) is 6.92 Å². The largest absolute Gasteiger partial charge is 0.308 e. The highest BCUT2D eigenvalue weighted by Crippen LogP contribution is 2.22. The third-order valence-electron chi connectivity index (χ3n) is 2.71.